The van der Waals surface area contributed by atoms with Crippen molar-refractivity contribution in [1.29, 1.82) is 0 Å². The highest BCUT2D eigenvalue weighted by Crippen LogP contribution is 2.64. The molecule has 0 bridgehead atoms. The molecule has 13 rings (SSSR count). The van der Waals surface area contributed by atoms with Gasteiger partial charge in [0.25, 0.3) is 0 Å². The van der Waals surface area contributed by atoms with Gasteiger partial charge in [-0.25, -0.2) is 0 Å². The predicted octanol–water partition coefficient (Wildman–Crippen LogP) is 16.2. The van der Waals surface area contributed by atoms with E-state index in [1.165, 1.54) is 77.5 Å². The van der Waals surface area contributed by atoms with Crippen LogP contribution in [0.1, 0.15) is 88.8 Å². The van der Waals surface area contributed by atoms with Gasteiger partial charge in [0.05, 0.1) is 27.6 Å². The van der Waals surface area contributed by atoms with Crippen LogP contribution in [0, 0.1) is 0 Å². The summed E-state index contributed by atoms with van der Waals surface area (Å²) in [7, 11) is 0. The minimum atomic E-state index is -0.527. The standard InChI is InChI=1S/C67H58N4/c1-63(2)65(5,6)70(50-25-11-9-12-26-50)61(68-63)48-23-19-21-43(40-48)45-33-36-52-47(39-45)35-38-56-55-37-34-46(42-59(55)67(60(52)56)57-31-17-15-29-53(57)54-30-16-18-32-58(54)67)44-22-20-24-49(41-44)62-69-64(3,4)66(7,8)71(62)51-27-13-10-14-28-51/h9-42H,1-8H3. The van der Waals surface area contributed by atoms with Crippen LogP contribution in [0.5, 0.6) is 0 Å². The smallest absolute Gasteiger partial charge is 0.136 e. The lowest BCUT2D eigenvalue weighted by atomic mass is 9.69. The zero-order valence-electron chi connectivity index (χ0n) is 41.9. The average molecular weight is 919 g/mol. The first-order chi connectivity index (χ1) is 34.2. The van der Waals surface area contributed by atoms with Gasteiger partial charge >= 0.3 is 0 Å². The fraction of sp³-hybridized carbons (Fsp3) is 0.194. The molecule has 0 amide bonds. The van der Waals surface area contributed by atoms with Gasteiger partial charge in [-0.15, -0.1) is 0 Å². The van der Waals surface area contributed by atoms with Crippen molar-refractivity contribution in [2.45, 2.75) is 83.0 Å². The number of hydrogen-bond acceptors (Lipinski definition) is 4. The summed E-state index contributed by atoms with van der Waals surface area (Å²) in [4.78, 5) is 15.8. The summed E-state index contributed by atoms with van der Waals surface area (Å²) >= 11 is 0. The van der Waals surface area contributed by atoms with Gasteiger partial charge < -0.3 is 9.80 Å². The maximum atomic E-state index is 5.47. The summed E-state index contributed by atoms with van der Waals surface area (Å²) in [6, 6.07) is 76.9. The molecule has 0 radical (unpaired) electrons. The van der Waals surface area contributed by atoms with Crippen LogP contribution >= 0.6 is 0 Å². The van der Waals surface area contributed by atoms with Gasteiger partial charge in [-0.05, 0) is 181 Å². The Labute approximate surface area is 418 Å². The third kappa shape index (κ3) is 6.03. The zero-order chi connectivity index (χ0) is 48.7. The predicted molar refractivity (Wildman–Crippen MR) is 298 cm³/mol. The van der Waals surface area contributed by atoms with Crippen molar-refractivity contribution in [3.8, 4) is 44.5 Å². The highest BCUT2D eigenvalue weighted by Gasteiger charge is 2.54. The molecule has 4 nitrogen and oxygen atoms in total. The molecule has 0 saturated carbocycles. The fourth-order valence-corrected chi connectivity index (χ4v) is 12.4. The number of para-hydroxylation sites is 2. The molecule has 0 aromatic heterocycles. The molecule has 2 aliphatic heterocycles. The Bertz CT molecular complexity index is 3680. The van der Waals surface area contributed by atoms with E-state index in [4.69, 9.17) is 9.98 Å². The van der Waals surface area contributed by atoms with Gasteiger partial charge in [0.2, 0.25) is 0 Å². The molecule has 0 saturated heterocycles. The molecule has 346 valence electrons. The second-order valence-electron chi connectivity index (χ2n) is 22.1. The summed E-state index contributed by atoms with van der Waals surface area (Å²) in [5, 5.41) is 2.50. The number of benzene rings is 9. The SMILES string of the molecule is CC1(C)N=C(c2cccc(-c3ccc4c(c3)C3(c5ccccc5-c5ccccc53)c3c-4ccc4cc(-c5cccc(C6=NC(C)(C)C(C)(C)N6c6ccccc6)c5)ccc34)c2)N(c2ccccc2)C1(C)C. The van der Waals surface area contributed by atoms with E-state index in [0.717, 1.165) is 34.2 Å². The van der Waals surface area contributed by atoms with E-state index in [1.54, 1.807) is 0 Å². The van der Waals surface area contributed by atoms with Crippen molar-refractivity contribution in [3.63, 3.8) is 0 Å². The number of fused-ring (bicyclic) bond motifs is 12. The molecule has 0 fully saturated rings. The fourth-order valence-electron chi connectivity index (χ4n) is 12.4. The first-order valence-electron chi connectivity index (χ1n) is 25.2. The summed E-state index contributed by atoms with van der Waals surface area (Å²) in [5.74, 6) is 2.01. The van der Waals surface area contributed by atoms with Gasteiger partial charge in [-0.2, -0.15) is 0 Å². The molecule has 0 atom stereocenters. The van der Waals surface area contributed by atoms with Crippen LogP contribution in [0.3, 0.4) is 0 Å². The van der Waals surface area contributed by atoms with Crippen molar-refractivity contribution < 1.29 is 0 Å². The van der Waals surface area contributed by atoms with Crippen LogP contribution in [-0.4, -0.2) is 33.8 Å². The molecule has 4 aliphatic rings. The number of amidine groups is 2. The van der Waals surface area contributed by atoms with E-state index < -0.39 is 5.41 Å². The van der Waals surface area contributed by atoms with Crippen LogP contribution in [0.4, 0.5) is 11.4 Å². The molecule has 4 heteroatoms. The number of hydrogen-bond donors (Lipinski definition) is 0. The molecule has 71 heavy (non-hydrogen) atoms. The van der Waals surface area contributed by atoms with Gasteiger partial charge in [-0.1, -0.05) is 158 Å². The second kappa shape index (κ2) is 15.1. The first-order valence-corrected chi connectivity index (χ1v) is 25.2. The van der Waals surface area contributed by atoms with E-state index in [-0.39, 0.29) is 22.2 Å². The van der Waals surface area contributed by atoms with E-state index >= 15 is 0 Å². The van der Waals surface area contributed by atoms with Gasteiger partial charge in [0.15, 0.2) is 0 Å². The Morgan fingerprint density at radius 1 is 0.324 bits per heavy atom. The van der Waals surface area contributed by atoms with E-state index in [2.05, 4.69) is 271 Å². The quantitative estimate of drug-likeness (QED) is 0.166. The first kappa shape index (κ1) is 43.2. The third-order valence-corrected chi connectivity index (χ3v) is 17.3. The van der Waals surface area contributed by atoms with Crippen LogP contribution in [0.2, 0.25) is 0 Å². The monoisotopic (exact) mass is 918 g/mol. The molecule has 1 spiro atoms. The van der Waals surface area contributed by atoms with Gasteiger partial charge in [-0.3, -0.25) is 9.98 Å². The zero-order valence-corrected chi connectivity index (χ0v) is 41.9. The van der Waals surface area contributed by atoms with Crippen LogP contribution in [-0.2, 0) is 5.41 Å². The van der Waals surface area contributed by atoms with Crippen LogP contribution < -0.4 is 9.80 Å². The highest BCUT2D eigenvalue weighted by atomic mass is 15.3. The average Bonchev–Trinajstić information content (AvgIpc) is 4.00. The summed E-state index contributed by atoms with van der Waals surface area (Å²) < 4.78 is 0. The van der Waals surface area contributed by atoms with Crippen molar-refractivity contribution in [1.82, 2.24) is 0 Å². The largest absolute Gasteiger partial charge is 0.318 e. The second-order valence-corrected chi connectivity index (χ2v) is 22.1. The van der Waals surface area contributed by atoms with Crippen molar-refractivity contribution in [3.05, 3.63) is 240 Å². The highest BCUT2D eigenvalue weighted by molar-refractivity contribution is 6.15. The lowest BCUT2D eigenvalue weighted by Crippen LogP contribution is -2.53. The maximum absolute atomic E-state index is 5.47. The molecule has 2 heterocycles. The number of rotatable bonds is 6. The lowest BCUT2D eigenvalue weighted by Gasteiger charge is -2.41. The summed E-state index contributed by atoms with van der Waals surface area (Å²) in [6.45, 7) is 18.2. The van der Waals surface area contributed by atoms with Gasteiger partial charge in [0.1, 0.15) is 11.7 Å². The third-order valence-electron chi connectivity index (χ3n) is 17.3. The van der Waals surface area contributed by atoms with E-state index in [9.17, 15) is 0 Å². The number of nitrogens with zero attached hydrogens (tertiary/aromatic N) is 4. The molecular formula is C67H58N4. The Kier molecular flexibility index (Phi) is 9.19. The number of aliphatic imine (C=N–C) groups is 2. The van der Waals surface area contributed by atoms with E-state index in [0.29, 0.717) is 0 Å². The van der Waals surface area contributed by atoms with Crippen molar-refractivity contribution in [2.75, 3.05) is 9.80 Å². The minimum absolute atomic E-state index is 0.233. The van der Waals surface area contributed by atoms with Crippen LogP contribution in [0.15, 0.2) is 216 Å². The molecule has 0 unspecified atom stereocenters. The Balaban J connectivity index is 0.955. The molecular weight excluding hydrogens is 861 g/mol. The Morgan fingerprint density at radius 3 is 1.28 bits per heavy atom. The topological polar surface area (TPSA) is 31.2 Å². The van der Waals surface area contributed by atoms with Gasteiger partial charge in [0, 0.05) is 22.5 Å². The van der Waals surface area contributed by atoms with Crippen LogP contribution in [0.25, 0.3) is 55.3 Å². The molecule has 0 N–H and O–H groups in total. The summed E-state index contributed by atoms with van der Waals surface area (Å²) in [5.41, 5.74) is 18.2. The molecule has 9 aromatic rings. The summed E-state index contributed by atoms with van der Waals surface area (Å²) in [6.07, 6.45) is 0. The van der Waals surface area contributed by atoms with Crippen molar-refractivity contribution >= 4 is 33.8 Å². The van der Waals surface area contributed by atoms with E-state index in [1.807, 2.05) is 0 Å². The maximum Gasteiger partial charge on any atom is 0.136 e. The Morgan fingerprint density at radius 2 is 0.746 bits per heavy atom. The Hall–Kier alpha value is -7.82. The normalized spacial score (nSPS) is 18.0. The number of anilines is 2. The lowest BCUT2D eigenvalue weighted by molar-refractivity contribution is 0.338. The molecule has 9 aromatic carbocycles. The van der Waals surface area contributed by atoms with Crippen molar-refractivity contribution in [2.24, 2.45) is 9.98 Å². The minimum Gasteiger partial charge on any atom is -0.318 e. The molecule has 2 aliphatic carbocycles.